The van der Waals surface area contributed by atoms with Gasteiger partial charge in [-0.25, -0.2) is 4.79 Å². The summed E-state index contributed by atoms with van der Waals surface area (Å²) in [4.78, 5) is 23.6. The van der Waals surface area contributed by atoms with Crippen molar-refractivity contribution in [2.75, 3.05) is 26.3 Å². The Morgan fingerprint density at radius 2 is 1.93 bits per heavy atom. The highest BCUT2D eigenvalue weighted by Crippen LogP contribution is 2.04. The molecule has 0 saturated carbocycles. The van der Waals surface area contributed by atoms with Crippen LogP contribution in [0.5, 0.6) is 0 Å². The topological polar surface area (TPSA) is 67.9 Å². The van der Waals surface area contributed by atoms with E-state index in [0.717, 1.165) is 4.90 Å². The van der Waals surface area contributed by atoms with Crippen molar-refractivity contribution in [1.82, 2.24) is 10.2 Å². The Balaban J connectivity index is 2.48. The van der Waals surface area contributed by atoms with E-state index in [1.54, 1.807) is 0 Å². The maximum Gasteiger partial charge on any atom is 0.324 e. The van der Waals surface area contributed by atoms with Gasteiger partial charge in [0.15, 0.2) is 6.29 Å². The van der Waals surface area contributed by atoms with Crippen molar-refractivity contribution in [2.45, 2.75) is 20.1 Å². The van der Waals surface area contributed by atoms with Gasteiger partial charge in [-0.05, 0) is 13.8 Å². The molecule has 3 amide bonds. The summed E-state index contributed by atoms with van der Waals surface area (Å²) in [6, 6.07) is -0.385. The van der Waals surface area contributed by atoms with Gasteiger partial charge in [-0.2, -0.15) is 0 Å². The fourth-order valence-electron chi connectivity index (χ4n) is 1.31. The van der Waals surface area contributed by atoms with Crippen molar-refractivity contribution in [1.29, 1.82) is 0 Å². The first-order valence-corrected chi connectivity index (χ1v) is 5.00. The number of carbonyl (C=O) groups is 2. The Bertz CT molecular complexity index is 222. The fraction of sp³-hybridized carbons (Fsp3) is 0.778. The number of rotatable bonds is 6. The average molecular weight is 216 g/mol. The second-order valence-corrected chi connectivity index (χ2v) is 3.00. The predicted octanol–water partition coefficient (Wildman–Crippen LogP) is -0.0627. The number of hydrogen-bond acceptors (Lipinski definition) is 4. The van der Waals surface area contributed by atoms with Crippen LogP contribution in [0, 0.1) is 0 Å². The molecule has 0 aromatic rings. The first-order chi connectivity index (χ1) is 7.19. The van der Waals surface area contributed by atoms with E-state index in [1.165, 1.54) is 0 Å². The Morgan fingerprint density at radius 1 is 1.33 bits per heavy atom. The van der Waals surface area contributed by atoms with Crippen molar-refractivity contribution in [2.24, 2.45) is 0 Å². The van der Waals surface area contributed by atoms with Crippen molar-refractivity contribution >= 4 is 11.9 Å². The molecular formula is C9H16N2O4. The van der Waals surface area contributed by atoms with Crippen LogP contribution < -0.4 is 5.32 Å². The normalized spacial score (nSPS) is 16.3. The molecule has 1 saturated heterocycles. The van der Waals surface area contributed by atoms with Crippen molar-refractivity contribution in [3.8, 4) is 0 Å². The highest BCUT2D eigenvalue weighted by molar-refractivity contribution is 6.01. The summed E-state index contributed by atoms with van der Waals surface area (Å²) in [7, 11) is 0. The minimum Gasteiger partial charge on any atom is -0.351 e. The molecule has 0 aromatic heterocycles. The van der Waals surface area contributed by atoms with E-state index < -0.39 is 6.29 Å². The number of ether oxygens (including phenoxy) is 2. The van der Waals surface area contributed by atoms with Crippen LogP contribution >= 0.6 is 0 Å². The quantitative estimate of drug-likeness (QED) is 0.499. The summed E-state index contributed by atoms with van der Waals surface area (Å²) in [5, 5.41) is 2.44. The number of urea groups is 1. The van der Waals surface area contributed by atoms with Gasteiger partial charge in [0.05, 0.1) is 13.1 Å². The largest absolute Gasteiger partial charge is 0.351 e. The highest BCUT2D eigenvalue weighted by atomic mass is 16.7. The van der Waals surface area contributed by atoms with Crippen LogP contribution in [0.2, 0.25) is 0 Å². The van der Waals surface area contributed by atoms with Crippen LogP contribution in [0.3, 0.4) is 0 Å². The molecule has 86 valence electrons. The standard InChI is InChI=1S/C9H16N2O4/c1-3-14-8(15-4-2)6-11-7(12)5-10-9(11)13/h8H,3-6H2,1-2H3,(H,10,13). The first kappa shape index (κ1) is 11.9. The van der Waals surface area contributed by atoms with E-state index in [1.807, 2.05) is 13.8 Å². The zero-order valence-electron chi connectivity index (χ0n) is 8.99. The maximum absolute atomic E-state index is 11.3. The number of nitrogens with one attached hydrogen (secondary N) is 1. The molecule has 6 heteroatoms. The zero-order chi connectivity index (χ0) is 11.3. The van der Waals surface area contributed by atoms with Gasteiger partial charge in [-0.3, -0.25) is 9.69 Å². The number of imide groups is 1. The van der Waals surface area contributed by atoms with Crippen LogP contribution in [0.4, 0.5) is 4.79 Å². The van der Waals surface area contributed by atoms with E-state index in [9.17, 15) is 9.59 Å². The SMILES string of the molecule is CCOC(CN1C(=O)CNC1=O)OCC. The molecule has 0 radical (unpaired) electrons. The van der Waals surface area contributed by atoms with Crippen LogP contribution in [0.1, 0.15) is 13.8 Å². The Hall–Kier alpha value is -1.14. The van der Waals surface area contributed by atoms with E-state index in [-0.39, 0.29) is 25.0 Å². The summed E-state index contributed by atoms with van der Waals surface area (Å²) < 4.78 is 10.5. The molecule has 15 heavy (non-hydrogen) atoms. The van der Waals surface area contributed by atoms with Crippen molar-refractivity contribution in [3.63, 3.8) is 0 Å². The second kappa shape index (κ2) is 5.67. The van der Waals surface area contributed by atoms with E-state index in [4.69, 9.17) is 9.47 Å². The molecule has 0 aromatic carbocycles. The molecule has 0 unspecified atom stereocenters. The second-order valence-electron chi connectivity index (χ2n) is 3.00. The maximum atomic E-state index is 11.3. The summed E-state index contributed by atoms with van der Waals surface area (Å²) in [6.07, 6.45) is -0.534. The van der Waals surface area contributed by atoms with Crippen LogP contribution in [0.15, 0.2) is 0 Å². The van der Waals surface area contributed by atoms with Gasteiger partial charge < -0.3 is 14.8 Å². The van der Waals surface area contributed by atoms with Gasteiger partial charge in [0.25, 0.3) is 0 Å². The van der Waals surface area contributed by atoms with Crippen LogP contribution in [-0.2, 0) is 14.3 Å². The molecule has 1 aliphatic rings. The number of nitrogens with zero attached hydrogens (tertiary/aromatic N) is 1. The smallest absolute Gasteiger partial charge is 0.324 e. The third-order valence-corrected chi connectivity index (χ3v) is 1.97. The van der Waals surface area contributed by atoms with Crippen LogP contribution in [-0.4, -0.2) is 49.4 Å². The summed E-state index contributed by atoms with van der Waals surface area (Å²) in [5.41, 5.74) is 0. The lowest BCUT2D eigenvalue weighted by atomic mass is 10.5. The van der Waals surface area contributed by atoms with Gasteiger partial charge >= 0.3 is 6.03 Å². The first-order valence-electron chi connectivity index (χ1n) is 5.00. The van der Waals surface area contributed by atoms with E-state index in [0.29, 0.717) is 13.2 Å². The fourth-order valence-corrected chi connectivity index (χ4v) is 1.31. The minimum atomic E-state index is -0.534. The molecule has 1 heterocycles. The van der Waals surface area contributed by atoms with Gasteiger partial charge in [0, 0.05) is 13.2 Å². The molecule has 0 spiro atoms. The molecule has 1 fully saturated rings. The number of carbonyl (C=O) groups excluding carboxylic acids is 2. The molecule has 0 bridgehead atoms. The zero-order valence-corrected chi connectivity index (χ0v) is 8.99. The number of amides is 3. The lowest BCUT2D eigenvalue weighted by Gasteiger charge is -2.21. The summed E-state index contributed by atoms with van der Waals surface area (Å²) in [6.45, 7) is 4.83. The van der Waals surface area contributed by atoms with Gasteiger partial charge in [0.2, 0.25) is 5.91 Å². The number of hydrogen-bond donors (Lipinski definition) is 1. The monoisotopic (exact) mass is 216 g/mol. The van der Waals surface area contributed by atoms with Crippen LogP contribution in [0.25, 0.3) is 0 Å². The van der Waals surface area contributed by atoms with E-state index in [2.05, 4.69) is 5.32 Å². The minimum absolute atomic E-state index is 0.0593. The Kier molecular flexibility index (Phi) is 4.51. The Labute approximate surface area is 88.5 Å². The van der Waals surface area contributed by atoms with Crippen molar-refractivity contribution in [3.05, 3.63) is 0 Å². The third kappa shape index (κ3) is 3.17. The lowest BCUT2D eigenvalue weighted by Crippen LogP contribution is -2.39. The lowest BCUT2D eigenvalue weighted by molar-refractivity contribution is -0.151. The van der Waals surface area contributed by atoms with Gasteiger partial charge in [0.1, 0.15) is 0 Å². The molecule has 6 nitrogen and oxygen atoms in total. The molecule has 0 aliphatic carbocycles. The molecular weight excluding hydrogens is 200 g/mol. The average Bonchev–Trinajstić information content (AvgIpc) is 2.50. The molecule has 1 aliphatic heterocycles. The summed E-state index contributed by atoms with van der Waals surface area (Å²) >= 11 is 0. The van der Waals surface area contributed by atoms with Gasteiger partial charge in [-0.15, -0.1) is 0 Å². The molecule has 1 rings (SSSR count). The molecule has 1 N–H and O–H groups in total. The summed E-state index contributed by atoms with van der Waals surface area (Å²) in [5.74, 6) is -0.246. The Morgan fingerprint density at radius 3 is 2.33 bits per heavy atom. The molecule has 0 atom stereocenters. The van der Waals surface area contributed by atoms with Crippen molar-refractivity contribution < 1.29 is 19.1 Å². The predicted molar refractivity (Wildman–Crippen MR) is 52.2 cm³/mol. The van der Waals surface area contributed by atoms with Gasteiger partial charge in [-0.1, -0.05) is 0 Å². The third-order valence-electron chi connectivity index (χ3n) is 1.97. The highest BCUT2D eigenvalue weighted by Gasteiger charge is 2.30. The van der Waals surface area contributed by atoms with E-state index >= 15 is 0 Å².